The number of hydrogen-bond donors (Lipinski definition) is 0. The number of ether oxygens (including phenoxy) is 1. The molecule has 0 radical (unpaired) electrons. The van der Waals surface area contributed by atoms with E-state index in [-0.39, 0.29) is 11.0 Å². The van der Waals surface area contributed by atoms with Gasteiger partial charge in [0.1, 0.15) is 0 Å². The van der Waals surface area contributed by atoms with Crippen LogP contribution in [0, 0.1) is 5.41 Å². The fourth-order valence-electron chi connectivity index (χ4n) is 0.824. The first-order chi connectivity index (χ1) is 5.17. The zero-order valence-corrected chi connectivity index (χ0v) is 9.36. The minimum absolute atomic E-state index is 0.00201. The van der Waals surface area contributed by atoms with Crippen LogP contribution in [0.5, 0.6) is 0 Å². The molecule has 0 aliphatic rings. The summed E-state index contributed by atoms with van der Waals surface area (Å²) in [5.74, 6) is 0.815. The fourth-order valence-corrected chi connectivity index (χ4v) is 0.824. The molecule has 0 aromatic rings. The Morgan fingerprint density at radius 3 is 1.50 bits per heavy atom. The molecular weight excluding hydrogens is 150 g/mol. The summed E-state index contributed by atoms with van der Waals surface area (Å²) in [5.41, 5.74) is -0.0549. The van der Waals surface area contributed by atoms with Crippen LogP contribution in [0.2, 0.25) is 0 Å². The Morgan fingerprint density at radius 1 is 1.00 bits per heavy atom. The highest BCUT2D eigenvalue weighted by Gasteiger charge is 2.22. The van der Waals surface area contributed by atoms with Crippen LogP contribution >= 0.6 is 0 Å². The standard InChI is InChI=1S/C10H21NO/c1-9(2,3)8(12-7)11-10(4,5)6/h1-7H3. The smallest absolute Gasteiger partial charge is 0.188 e. The first-order valence-corrected chi connectivity index (χ1v) is 4.31. The molecule has 0 heterocycles. The monoisotopic (exact) mass is 171 g/mol. The first kappa shape index (κ1) is 11.5. The Labute approximate surface area is 76.0 Å². The molecule has 0 saturated heterocycles. The normalized spacial score (nSPS) is 14.8. The van der Waals surface area contributed by atoms with Crippen molar-refractivity contribution in [3.63, 3.8) is 0 Å². The van der Waals surface area contributed by atoms with Crippen molar-refractivity contribution in [1.29, 1.82) is 0 Å². The lowest BCUT2D eigenvalue weighted by Crippen LogP contribution is -2.26. The van der Waals surface area contributed by atoms with Crippen LogP contribution in [0.3, 0.4) is 0 Å². The van der Waals surface area contributed by atoms with Crippen LogP contribution in [0.15, 0.2) is 4.99 Å². The van der Waals surface area contributed by atoms with E-state index < -0.39 is 0 Å². The largest absolute Gasteiger partial charge is 0.484 e. The van der Waals surface area contributed by atoms with Crippen LogP contribution < -0.4 is 0 Å². The molecule has 0 N–H and O–H groups in total. The van der Waals surface area contributed by atoms with Gasteiger partial charge in [0.25, 0.3) is 0 Å². The molecule has 0 aromatic heterocycles. The maximum Gasteiger partial charge on any atom is 0.188 e. The van der Waals surface area contributed by atoms with Gasteiger partial charge in [-0.15, -0.1) is 0 Å². The van der Waals surface area contributed by atoms with Crippen molar-refractivity contribution >= 4 is 5.90 Å². The quantitative estimate of drug-likeness (QED) is 0.405. The number of hydrogen-bond acceptors (Lipinski definition) is 2. The molecule has 0 fully saturated rings. The summed E-state index contributed by atoms with van der Waals surface area (Å²) < 4.78 is 5.24. The molecule has 0 saturated carbocycles. The zero-order valence-electron chi connectivity index (χ0n) is 9.36. The summed E-state index contributed by atoms with van der Waals surface area (Å²) in [7, 11) is 1.68. The van der Waals surface area contributed by atoms with E-state index in [1.807, 2.05) is 0 Å². The summed E-state index contributed by atoms with van der Waals surface area (Å²) in [6, 6.07) is 0. The summed E-state index contributed by atoms with van der Waals surface area (Å²) in [5, 5.41) is 0. The number of aliphatic imine (C=N–C) groups is 1. The second-order valence-corrected chi connectivity index (χ2v) is 5.04. The van der Waals surface area contributed by atoms with Crippen LogP contribution in [0.4, 0.5) is 0 Å². The van der Waals surface area contributed by atoms with E-state index in [1.165, 1.54) is 0 Å². The van der Waals surface area contributed by atoms with Gasteiger partial charge in [0.2, 0.25) is 0 Å². The fraction of sp³-hybridized carbons (Fsp3) is 0.900. The van der Waals surface area contributed by atoms with Crippen molar-refractivity contribution in [1.82, 2.24) is 0 Å². The Bertz CT molecular complexity index is 169. The second-order valence-electron chi connectivity index (χ2n) is 5.04. The van der Waals surface area contributed by atoms with Gasteiger partial charge in [0, 0.05) is 5.41 Å². The van der Waals surface area contributed by atoms with Crippen molar-refractivity contribution in [2.75, 3.05) is 7.11 Å². The van der Waals surface area contributed by atoms with Crippen molar-refractivity contribution < 1.29 is 4.74 Å². The third-order valence-corrected chi connectivity index (χ3v) is 1.27. The van der Waals surface area contributed by atoms with E-state index in [0.29, 0.717) is 0 Å². The molecule has 0 unspecified atom stereocenters. The zero-order chi connectivity index (χ0) is 9.99. The average molecular weight is 171 g/mol. The Balaban J connectivity index is 4.68. The molecule has 2 nitrogen and oxygen atoms in total. The van der Waals surface area contributed by atoms with Crippen LogP contribution in [-0.2, 0) is 4.74 Å². The SMILES string of the molecule is COC(=NC(C)(C)C)C(C)(C)C. The van der Waals surface area contributed by atoms with E-state index in [1.54, 1.807) is 7.11 Å². The minimum atomic E-state index is -0.0569. The third kappa shape index (κ3) is 4.37. The van der Waals surface area contributed by atoms with Crippen molar-refractivity contribution in [2.24, 2.45) is 10.4 Å². The number of methoxy groups -OCH3 is 1. The van der Waals surface area contributed by atoms with E-state index in [4.69, 9.17) is 4.74 Å². The predicted octanol–water partition coefficient (Wildman–Crippen LogP) is 2.88. The molecule has 0 aliphatic carbocycles. The minimum Gasteiger partial charge on any atom is -0.484 e. The van der Waals surface area contributed by atoms with Crippen molar-refractivity contribution in [3.8, 4) is 0 Å². The molecule has 72 valence electrons. The molecule has 12 heavy (non-hydrogen) atoms. The van der Waals surface area contributed by atoms with Gasteiger partial charge in [-0.2, -0.15) is 0 Å². The summed E-state index contributed by atoms with van der Waals surface area (Å²) >= 11 is 0. The summed E-state index contributed by atoms with van der Waals surface area (Å²) in [6.45, 7) is 12.5. The average Bonchev–Trinajstić information content (AvgIpc) is 1.78. The lowest BCUT2D eigenvalue weighted by molar-refractivity contribution is 0.326. The lowest BCUT2D eigenvalue weighted by atomic mass is 9.95. The van der Waals surface area contributed by atoms with Crippen LogP contribution in [-0.4, -0.2) is 18.5 Å². The molecule has 0 aromatic carbocycles. The molecular formula is C10H21NO. The van der Waals surface area contributed by atoms with E-state index in [2.05, 4.69) is 46.5 Å². The van der Waals surface area contributed by atoms with Gasteiger partial charge in [0.05, 0.1) is 12.6 Å². The first-order valence-electron chi connectivity index (χ1n) is 4.31. The maximum atomic E-state index is 5.24. The number of rotatable bonds is 0. The lowest BCUT2D eigenvalue weighted by Gasteiger charge is -2.23. The van der Waals surface area contributed by atoms with Gasteiger partial charge < -0.3 is 4.74 Å². The maximum absolute atomic E-state index is 5.24. The van der Waals surface area contributed by atoms with Gasteiger partial charge >= 0.3 is 0 Å². The Hall–Kier alpha value is -0.530. The highest BCUT2D eigenvalue weighted by Crippen LogP contribution is 2.20. The van der Waals surface area contributed by atoms with E-state index in [9.17, 15) is 0 Å². The van der Waals surface area contributed by atoms with Crippen LogP contribution in [0.25, 0.3) is 0 Å². The van der Waals surface area contributed by atoms with Gasteiger partial charge in [-0.1, -0.05) is 20.8 Å². The van der Waals surface area contributed by atoms with Crippen molar-refractivity contribution in [3.05, 3.63) is 0 Å². The molecule has 0 aliphatic heterocycles. The van der Waals surface area contributed by atoms with Crippen molar-refractivity contribution in [2.45, 2.75) is 47.1 Å². The van der Waals surface area contributed by atoms with Gasteiger partial charge in [-0.3, -0.25) is 0 Å². The van der Waals surface area contributed by atoms with Crippen LogP contribution in [0.1, 0.15) is 41.5 Å². The van der Waals surface area contributed by atoms with Gasteiger partial charge in [-0.25, -0.2) is 4.99 Å². The van der Waals surface area contributed by atoms with E-state index in [0.717, 1.165) is 5.90 Å². The Kier molecular flexibility index (Phi) is 3.31. The highest BCUT2D eigenvalue weighted by atomic mass is 16.5. The predicted molar refractivity (Wildman–Crippen MR) is 53.7 cm³/mol. The van der Waals surface area contributed by atoms with Gasteiger partial charge in [-0.05, 0) is 20.8 Å². The molecule has 0 atom stereocenters. The summed E-state index contributed by atoms with van der Waals surface area (Å²) in [6.07, 6.45) is 0. The molecule has 0 rings (SSSR count). The summed E-state index contributed by atoms with van der Waals surface area (Å²) in [4.78, 5) is 4.49. The third-order valence-electron chi connectivity index (χ3n) is 1.27. The molecule has 0 amide bonds. The van der Waals surface area contributed by atoms with Gasteiger partial charge in [0.15, 0.2) is 5.90 Å². The topological polar surface area (TPSA) is 21.6 Å². The van der Waals surface area contributed by atoms with E-state index >= 15 is 0 Å². The second kappa shape index (κ2) is 3.46. The molecule has 0 spiro atoms. The molecule has 2 heteroatoms. The molecule has 0 bridgehead atoms. The number of nitrogens with zero attached hydrogens (tertiary/aromatic N) is 1. The Morgan fingerprint density at radius 2 is 1.42 bits per heavy atom. The highest BCUT2D eigenvalue weighted by molar-refractivity contribution is 5.81.